The first-order valence-electron chi connectivity index (χ1n) is 6.84. The topological polar surface area (TPSA) is 31.4 Å². The number of halogens is 1. The number of rotatable bonds is 3. The van der Waals surface area contributed by atoms with E-state index < -0.39 is 0 Å². The number of hydrogen-bond donors (Lipinski definition) is 0. The molecule has 1 aliphatic heterocycles. The van der Waals surface area contributed by atoms with Crippen molar-refractivity contribution in [2.45, 2.75) is 6.29 Å². The minimum absolute atomic E-state index is 0.266. The van der Waals surface area contributed by atoms with E-state index >= 15 is 0 Å². The van der Waals surface area contributed by atoms with Gasteiger partial charge in [-0.05, 0) is 18.2 Å². The zero-order valence-electron chi connectivity index (χ0n) is 11.5. The van der Waals surface area contributed by atoms with Crippen molar-refractivity contribution in [3.8, 4) is 11.3 Å². The van der Waals surface area contributed by atoms with E-state index in [2.05, 4.69) is 11.6 Å². The van der Waals surface area contributed by atoms with E-state index in [1.54, 1.807) is 6.20 Å². The molecule has 3 nitrogen and oxygen atoms in total. The molecule has 3 rings (SSSR count). The standard InChI is InChI=1S/C17H16ClNO2/c1-2-12-10-20-17(21-11-12)14-5-8-16(19-9-14)13-3-6-15(18)7-4-13/h2-9,12,17H,1,10-11H2/t12-,17-. The molecule has 0 bridgehead atoms. The number of ether oxygens (including phenoxy) is 2. The monoisotopic (exact) mass is 301 g/mol. The van der Waals surface area contributed by atoms with Crippen molar-refractivity contribution in [2.75, 3.05) is 13.2 Å². The summed E-state index contributed by atoms with van der Waals surface area (Å²) < 4.78 is 11.4. The Kier molecular flexibility index (Phi) is 4.34. The molecule has 2 heterocycles. The fraction of sp³-hybridized carbons (Fsp3) is 0.235. The number of nitrogens with zero attached hydrogens (tertiary/aromatic N) is 1. The van der Waals surface area contributed by atoms with Crippen LogP contribution in [0.4, 0.5) is 0 Å². The molecule has 1 aliphatic rings. The zero-order chi connectivity index (χ0) is 14.7. The molecular weight excluding hydrogens is 286 g/mol. The summed E-state index contributed by atoms with van der Waals surface area (Å²) in [5.74, 6) is 0.266. The Morgan fingerprint density at radius 2 is 1.81 bits per heavy atom. The highest BCUT2D eigenvalue weighted by molar-refractivity contribution is 6.30. The minimum Gasteiger partial charge on any atom is -0.348 e. The van der Waals surface area contributed by atoms with Gasteiger partial charge in [-0.25, -0.2) is 0 Å². The van der Waals surface area contributed by atoms with Crippen LogP contribution in [0.5, 0.6) is 0 Å². The first-order chi connectivity index (χ1) is 10.3. The lowest BCUT2D eigenvalue weighted by molar-refractivity contribution is -0.197. The molecule has 0 aliphatic carbocycles. The Balaban J connectivity index is 1.72. The summed E-state index contributed by atoms with van der Waals surface area (Å²) in [6.07, 6.45) is 3.31. The van der Waals surface area contributed by atoms with Crippen LogP contribution in [0.15, 0.2) is 55.3 Å². The lowest BCUT2D eigenvalue weighted by Gasteiger charge is -2.27. The van der Waals surface area contributed by atoms with Gasteiger partial charge in [0.1, 0.15) is 0 Å². The van der Waals surface area contributed by atoms with Crippen molar-refractivity contribution in [3.05, 3.63) is 65.8 Å². The third-order valence-corrected chi connectivity index (χ3v) is 3.71. The second-order valence-electron chi connectivity index (χ2n) is 4.98. The van der Waals surface area contributed by atoms with E-state index in [9.17, 15) is 0 Å². The normalized spacial score (nSPS) is 22.0. The van der Waals surface area contributed by atoms with Gasteiger partial charge in [-0.15, -0.1) is 6.58 Å². The molecule has 1 aromatic carbocycles. The van der Waals surface area contributed by atoms with Gasteiger partial charge in [-0.3, -0.25) is 4.98 Å². The molecule has 108 valence electrons. The highest BCUT2D eigenvalue weighted by atomic mass is 35.5. The summed E-state index contributed by atoms with van der Waals surface area (Å²) in [5, 5.41) is 0.719. The van der Waals surface area contributed by atoms with Crippen molar-refractivity contribution in [1.82, 2.24) is 4.98 Å². The zero-order valence-corrected chi connectivity index (χ0v) is 12.3. The third kappa shape index (κ3) is 3.32. The largest absolute Gasteiger partial charge is 0.348 e. The number of benzene rings is 1. The predicted octanol–water partition coefficient (Wildman–Crippen LogP) is 4.25. The smallest absolute Gasteiger partial charge is 0.185 e. The summed E-state index contributed by atoms with van der Waals surface area (Å²) in [6.45, 7) is 5.02. The van der Waals surface area contributed by atoms with E-state index in [1.165, 1.54) is 0 Å². The van der Waals surface area contributed by atoms with Crippen LogP contribution in [-0.2, 0) is 9.47 Å². The van der Waals surface area contributed by atoms with Gasteiger partial charge in [0.2, 0.25) is 0 Å². The van der Waals surface area contributed by atoms with Crippen LogP contribution in [0.3, 0.4) is 0 Å². The Labute approximate surface area is 129 Å². The molecule has 0 spiro atoms. The maximum atomic E-state index is 5.89. The van der Waals surface area contributed by atoms with Crippen molar-refractivity contribution in [2.24, 2.45) is 5.92 Å². The second kappa shape index (κ2) is 6.39. The number of pyridine rings is 1. The summed E-state index contributed by atoms with van der Waals surface area (Å²) in [6, 6.07) is 11.6. The first kappa shape index (κ1) is 14.3. The SMILES string of the molecule is C=C[C@H]1CO[C@H](c2ccc(-c3ccc(Cl)cc3)nc2)OC1. The highest BCUT2D eigenvalue weighted by Gasteiger charge is 2.21. The molecule has 0 N–H and O–H groups in total. The Bertz CT molecular complexity index is 602. The van der Waals surface area contributed by atoms with Gasteiger partial charge in [0, 0.05) is 28.3 Å². The number of hydrogen-bond acceptors (Lipinski definition) is 3. The Hall–Kier alpha value is -1.68. The molecule has 2 aromatic rings. The minimum atomic E-state index is -0.340. The van der Waals surface area contributed by atoms with Gasteiger partial charge < -0.3 is 9.47 Å². The van der Waals surface area contributed by atoms with Crippen molar-refractivity contribution < 1.29 is 9.47 Å². The summed E-state index contributed by atoms with van der Waals surface area (Å²) in [5.41, 5.74) is 2.86. The van der Waals surface area contributed by atoms with Crippen LogP contribution >= 0.6 is 11.6 Å². The van der Waals surface area contributed by atoms with Crippen LogP contribution in [-0.4, -0.2) is 18.2 Å². The molecule has 0 unspecified atom stereocenters. The van der Waals surface area contributed by atoms with E-state index in [1.807, 2.05) is 42.5 Å². The highest BCUT2D eigenvalue weighted by Crippen LogP contribution is 2.26. The summed E-state index contributed by atoms with van der Waals surface area (Å²) in [4.78, 5) is 4.47. The van der Waals surface area contributed by atoms with Crippen molar-refractivity contribution in [3.63, 3.8) is 0 Å². The van der Waals surface area contributed by atoms with Gasteiger partial charge in [0.05, 0.1) is 18.9 Å². The molecule has 1 saturated heterocycles. The van der Waals surface area contributed by atoms with Gasteiger partial charge in [-0.2, -0.15) is 0 Å². The fourth-order valence-electron chi connectivity index (χ4n) is 2.18. The molecule has 4 heteroatoms. The maximum Gasteiger partial charge on any atom is 0.185 e. The maximum absolute atomic E-state index is 5.89. The summed E-state index contributed by atoms with van der Waals surface area (Å²) >= 11 is 5.89. The Morgan fingerprint density at radius 1 is 1.10 bits per heavy atom. The van der Waals surface area contributed by atoms with Gasteiger partial charge >= 0.3 is 0 Å². The molecular formula is C17H16ClNO2. The number of aromatic nitrogens is 1. The molecule has 1 fully saturated rings. The lowest BCUT2D eigenvalue weighted by atomic mass is 10.1. The first-order valence-corrected chi connectivity index (χ1v) is 7.21. The van der Waals surface area contributed by atoms with E-state index in [4.69, 9.17) is 21.1 Å². The molecule has 1 aromatic heterocycles. The van der Waals surface area contributed by atoms with Gasteiger partial charge in [0.25, 0.3) is 0 Å². The van der Waals surface area contributed by atoms with Crippen LogP contribution < -0.4 is 0 Å². The van der Waals surface area contributed by atoms with Gasteiger partial charge in [0.15, 0.2) is 6.29 Å². The van der Waals surface area contributed by atoms with Crippen LogP contribution in [0, 0.1) is 5.92 Å². The molecule has 21 heavy (non-hydrogen) atoms. The van der Waals surface area contributed by atoms with E-state index in [-0.39, 0.29) is 12.2 Å². The van der Waals surface area contributed by atoms with Crippen LogP contribution in [0.1, 0.15) is 11.9 Å². The van der Waals surface area contributed by atoms with Gasteiger partial charge in [-0.1, -0.05) is 35.9 Å². The molecule has 0 radical (unpaired) electrons. The Morgan fingerprint density at radius 3 is 2.38 bits per heavy atom. The third-order valence-electron chi connectivity index (χ3n) is 3.46. The average molecular weight is 302 g/mol. The average Bonchev–Trinajstić information content (AvgIpc) is 2.56. The lowest BCUT2D eigenvalue weighted by Crippen LogP contribution is -2.25. The van der Waals surface area contributed by atoms with Crippen LogP contribution in [0.25, 0.3) is 11.3 Å². The van der Waals surface area contributed by atoms with E-state index in [0.29, 0.717) is 13.2 Å². The molecule has 0 atom stereocenters. The van der Waals surface area contributed by atoms with E-state index in [0.717, 1.165) is 21.8 Å². The molecule has 0 saturated carbocycles. The molecule has 0 amide bonds. The fourth-order valence-corrected chi connectivity index (χ4v) is 2.31. The van der Waals surface area contributed by atoms with Crippen LogP contribution in [0.2, 0.25) is 5.02 Å². The summed E-state index contributed by atoms with van der Waals surface area (Å²) in [7, 11) is 0. The second-order valence-corrected chi connectivity index (χ2v) is 5.41. The quantitative estimate of drug-likeness (QED) is 0.794. The van der Waals surface area contributed by atoms with Crippen molar-refractivity contribution >= 4 is 11.6 Å². The predicted molar refractivity (Wildman–Crippen MR) is 83.0 cm³/mol. The van der Waals surface area contributed by atoms with Crippen molar-refractivity contribution in [1.29, 1.82) is 0 Å².